The van der Waals surface area contributed by atoms with Gasteiger partial charge >= 0.3 is 0 Å². The fraction of sp³-hybridized carbons (Fsp3) is 0.667. The molecule has 3 N–H and O–H groups in total. The largest absolute Gasteiger partial charge is 0.334 e. The molecule has 17 heavy (non-hydrogen) atoms. The van der Waals surface area contributed by atoms with E-state index in [9.17, 15) is 4.79 Å². The molecule has 1 heterocycles. The van der Waals surface area contributed by atoms with Crippen molar-refractivity contribution in [2.24, 2.45) is 11.7 Å². The van der Waals surface area contributed by atoms with Crippen LogP contribution in [0.15, 0.2) is 12.3 Å². The van der Waals surface area contributed by atoms with Crippen molar-refractivity contribution in [3.8, 4) is 0 Å². The summed E-state index contributed by atoms with van der Waals surface area (Å²) in [5, 5.41) is 6.56. The van der Waals surface area contributed by atoms with E-state index in [2.05, 4.69) is 10.2 Å². The number of nitrogens with one attached hydrogen (secondary N) is 1. The summed E-state index contributed by atoms with van der Waals surface area (Å²) >= 11 is 0. The molecule has 0 saturated heterocycles. The summed E-state index contributed by atoms with van der Waals surface area (Å²) in [6, 6.07) is 2.01. The predicted octanol–water partition coefficient (Wildman–Crippen LogP) is 0.999. The summed E-state index contributed by atoms with van der Waals surface area (Å²) < 4.78 is 0. The minimum atomic E-state index is 0.0374. The van der Waals surface area contributed by atoms with Gasteiger partial charge in [0.15, 0.2) is 0 Å². The van der Waals surface area contributed by atoms with Crippen molar-refractivity contribution in [3.63, 3.8) is 0 Å². The van der Waals surface area contributed by atoms with E-state index in [1.165, 1.54) is 6.42 Å². The Morgan fingerprint density at radius 3 is 3.06 bits per heavy atom. The van der Waals surface area contributed by atoms with Crippen LogP contribution in [0.2, 0.25) is 0 Å². The Hall–Kier alpha value is -1.36. The number of carbonyl (C=O) groups excluding carboxylic acids is 1. The molecule has 1 aliphatic rings. The Balaban J connectivity index is 2.13. The van der Waals surface area contributed by atoms with Gasteiger partial charge in [0.05, 0.1) is 0 Å². The molecule has 0 radical (unpaired) electrons. The quantitative estimate of drug-likeness (QED) is 0.819. The first-order valence-corrected chi connectivity index (χ1v) is 6.28. The second-order valence-corrected chi connectivity index (χ2v) is 4.56. The molecule has 2 atom stereocenters. The number of nitrogens with two attached hydrogens (primary N) is 1. The third-order valence-electron chi connectivity index (χ3n) is 3.65. The van der Waals surface area contributed by atoms with Crippen LogP contribution in [0, 0.1) is 5.92 Å². The van der Waals surface area contributed by atoms with Crippen molar-refractivity contribution in [1.82, 2.24) is 15.1 Å². The molecule has 0 spiro atoms. The van der Waals surface area contributed by atoms with Gasteiger partial charge in [0.2, 0.25) is 0 Å². The molecular formula is C12H20N4O. The van der Waals surface area contributed by atoms with Gasteiger partial charge in [0.1, 0.15) is 5.69 Å². The van der Waals surface area contributed by atoms with E-state index in [-0.39, 0.29) is 5.91 Å². The maximum Gasteiger partial charge on any atom is 0.272 e. The Kier molecular flexibility index (Phi) is 3.78. The molecule has 1 aromatic heterocycles. The minimum absolute atomic E-state index is 0.0374. The molecule has 0 bridgehead atoms. The SMILES string of the molecule is CCN(C(=O)c1ccn[nH]1)C1CCCC1CN. The fourth-order valence-electron chi connectivity index (χ4n) is 2.76. The van der Waals surface area contributed by atoms with Crippen LogP contribution in [0.5, 0.6) is 0 Å². The van der Waals surface area contributed by atoms with Crippen LogP contribution in [-0.4, -0.2) is 40.1 Å². The molecule has 2 rings (SSSR count). The number of hydrogen-bond donors (Lipinski definition) is 2. The van der Waals surface area contributed by atoms with Crippen molar-refractivity contribution >= 4 is 5.91 Å². The average molecular weight is 236 g/mol. The molecule has 1 aliphatic carbocycles. The van der Waals surface area contributed by atoms with E-state index in [0.717, 1.165) is 19.4 Å². The van der Waals surface area contributed by atoms with Crippen LogP contribution < -0.4 is 5.73 Å². The van der Waals surface area contributed by atoms with Gasteiger partial charge in [-0.05, 0) is 38.3 Å². The summed E-state index contributed by atoms with van der Waals surface area (Å²) in [5.74, 6) is 0.483. The summed E-state index contributed by atoms with van der Waals surface area (Å²) in [4.78, 5) is 14.2. The summed E-state index contributed by atoms with van der Waals surface area (Å²) in [5.41, 5.74) is 6.34. The summed E-state index contributed by atoms with van der Waals surface area (Å²) in [6.07, 6.45) is 4.97. The van der Waals surface area contributed by atoms with Gasteiger partial charge in [-0.15, -0.1) is 0 Å². The molecule has 94 valence electrons. The number of rotatable bonds is 4. The van der Waals surface area contributed by atoms with E-state index >= 15 is 0 Å². The van der Waals surface area contributed by atoms with Crippen LogP contribution in [-0.2, 0) is 0 Å². The topological polar surface area (TPSA) is 75.0 Å². The first-order valence-electron chi connectivity index (χ1n) is 6.28. The number of carbonyl (C=O) groups is 1. The third-order valence-corrected chi connectivity index (χ3v) is 3.65. The zero-order valence-corrected chi connectivity index (χ0v) is 10.2. The van der Waals surface area contributed by atoms with Crippen LogP contribution >= 0.6 is 0 Å². The summed E-state index contributed by atoms with van der Waals surface area (Å²) in [6.45, 7) is 3.40. The first kappa shape index (κ1) is 12.1. The lowest BCUT2D eigenvalue weighted by Crippen LogP contribution is -2.44. The molecule has 1 aromatic rings. The highest BCUT2D eigenvalue weighted by Crippen LogP contribution is 2.29. The minimum Gasteiger partial charge on any atom is -0.334 e. The molecular weight excluding hydrogens is 216 g/mol. The van der Waals surface area contributed by atoms with Gasteiger partial charge in [0.25, 0.3) is 5.91 Å². The van der Waals surface area contributed by atoms with Crippen LogP contribution in [0.1, 0.15) is 36.7 Å². The number of aromatic amines is 1. The van der Waals surface area contributed by atoms with Gasteiger partial charge in [0, 0.05) is 18.8 Å². The monoisotopic (exact) mass is 236 g/mol. The van der Waals surface area contributed by atoms with Crippen LogP contribution in [0.3, 0.4) is 0 Å². The number of H-pyrrole nitrogens is 1. The Morgan fingerprint density at radius 1 is 1.65 bits per heavy atom. The van der Waals surface area contributed by atoms with Crippen molar-refractivity contribution in [3.05, 3.63) is 18.0 Å². The van der Waals surface area contributed by atoms with E-state index < -0.39 is 0 Å². The standard InChI is InChI=1S/C12H20N4O/c1-2-16(11-5-3-4-9(11)8-13)12(17)10-6-7-14-15-10/h6-7,9,11H,2-5,8,13H2,1H3,(H,14,15). The van der Waals surface area contributed by atoms with Crippen molar-refractivity contribution in [2.45, 2.75) is 32.2 Å². The molecule has 0 aromatic carbocycles. The Morgan fingerprint density at radius 2 is 2.47 bits per heavy atom. The normalized spacial score (nSPS) is 23.9. The second kappa shape index (κ2) is 5.31. The maximum absolute atomic E-state index is 12.3. The lowest BCUT2D eigenvalue weighted by Gasteiger charge is -2.31. The highest BCUT2D eigenvalue weighted by molar-refractivity contribution is 5.92. The van der Waals surface area contributed by atoms with Gasteiger partial charge in [-0.1, -0.05) is 6.42 Å². The van der Waals surface area contributed by atoms with Crippen molar-refractivity contribution < 1.29 is 4.79 Å². The van der Waals surface area contributed by atoms with Crippen LogP contribution in [0.4, 0.5) is 0 Å². The highest BCUT2D eigenvalue weighted by atomic mass is 16.2. The van der Waals surface area contributed by atoms with Crippen molar-refractivity contribution in [1.29, 1.82) is 0 Å². The zero-order chi connectivity index (χ0) is 12.3. The predicted molar refractivity (Wildman–Crippen MR) is 65.5 cm³/mol. The molecule has 5 heteroatoms. The average Bonchev–Trinajstić information content (AvgIpc) is 3.01. The van der Waals surface area contributed by atoms with Gasteiger partial charge in [-0.25, -0.2) is 0 Å². The maximum atomic E-state index is 12.3. The van der Waals surface area contributed by atoms with E-state index in [0.29, 0.717) is 24.2 Å². The lowest BCUT2D eigenvalue weighted by molar-refractivity contribution is 0.0646. The lowest BCUT2D eigenvalue weighted by atomic mass is 10.0. The number of nitrogens with zero attached hydrogens (tertiary/aromatic N) is 2. The molecule has 2 unspecified atom stereocenters. The number of hydrogen-bond acceptors (Lipinski definition) is 3. The molecule has 5 nitrogen and oxygen atoms in total. The second-order valence-electron chi connectivity index (χ2n) is 4.56. The number of amides is 1. The van der Waals surface area contributed by atoms with E-state index in [1.807, 2.05) is 11.8 Å². The fourth-order valence-corrected chi connectivity index (χ4v) is 2.76. The third kappa shape index (κ3) is 2.34. The van der Waals surface area contributed by atoms with Gasteiger partial charge < -0.3 is 10.6 Å². The van der Waals surface area contributed by atoms with Gasteiger partial charge in [-0.2, -0.15) is 5.10 Å². The highest BCUT2D eigenvalue weighted by Gasteiger charge is 2.33. The smallest absolute Gasteiger partial charge is 0.272 e. The zero-order valence-electron chi connectivity index (χ0n) is 10.2. The van der Waals surface area contributed by atoms with Crippen molar-refractivity contribution in [2.75, 3.05) is 13.1 Å². The molecule has 1 saturated carbocycles. The molecule has 0 aliphatic heterocycles. The number of aromatic nitrogens is 2. The van der Waals surface area contributed by atoms with E-state index in [4.69, 9.17) is 5.73 Å². The van der Waals surface area contributed by atoms with Gasteiger partial charge in [-0.3, -0.25) is 9.89 Å². The van der Waals surface area contributed by atoms with E-state index in [1.54, 1.807) is 12.3 Å². The Bertz CT molecular complexity index is 363. The van der Waals surface area contributed by atoms with Crippen LogP contribution in [0.25, 0.3) is 0 Å². The molecule has 1 fully saturated rings. The summed E-state index contributed by atoms with van der Waals surface area (Å²) in [7, 11) is 0. The Labute approximate surface area is 101 Å². The molecule has 1 amide bonds. The first-order chi connectivity index (χ1) is 8.27.